The topological polar surface area (TPSA) is 110 Å². The Morgan fingerprint density at radius 1 is 1.26 bits per heavy atom. The third kappa shape index (κ3) is 3.98. The number of amides is 2. The monoisotopic (exact) mass is 431 g/mol. The molecule has 9 heteroatoms. The molecule has 4 aliphatic rings. The molecule has 0 spiro atoms. The summed E-state index contributed by atoms with van der Waals surface area (Å²) in [5, 5.41) is 22.0. The Morgan fingerprint density at radius 2 is 2.03 bits per heavy atom. The van der Waals surface area contributed by atoms with E-state index in [1.54, 1.807) is 9.58 Å². The molecular weight excluding hydrogens is 398 g/mol. The van der Waals surface area contributed by atoms with Gasteiger partial charge in [-0.05, 0) is 30.6 Å². The number of nitrogens with one attached hydrogen (secondary N) is 1. The molecule has 1 aromatic rings. The van der Waals surface area contributed by atoms with Crippen molar-refractivity contribution < 1.29 is 19.4 Å². The van der Waals surface area contributed by atoms with Crippen LogP contribution in [0.15, 0.2) is 6.20 Å². The second-order valence-corrected chi connectivity index (χ2v) is 10.8. The van der Waals surface area contributed by atoms with E-state index in [-0.39, 0.29) is 30.8 Å². The maximum atomic E-state index is 13.7. The van der Waals surface area contributed by atoms with Crippen LogP contribution in [0.25, 0.3) is 0 Å². The van der Waals surface area contributed by atoms with Crippen molar-refractivity contribution in [3.8, 4) is 0 Å². The van der Waals surface area contributed by atoms with E-state index in [4.69, 9.17) is 4.74 Å². The molecular formula is C22H33N5O4. The fraction of sp³-hybridized carbons (Fsp3) is 0.818. The number of carbonyl (C=O) groups excluding carboxylic acids is 2. The molecule has 2 saturated carbocycles. The summed E-state index contributed by atoms with van der Waals surface area (Å²) in [5.74, 6) is 0.947. The van der Waals surface area contributed by atoms with E-state index in [0.717, 1.165) is 31.6 Å². The van der Waals surface area contributed by atoms with Crippen molar-refractivity contribution >= 4 is 11.8 Å². The molecule has 9 nitrogen and oxygen atoms in total. The molecule has 3 heterocycles. The molecule has 5 rings (SSSR count). The lowest BCUT2D eigenvalue weighted by Gasteiger charge is -2.34. The molecule has 2 saturated heterocycles. The Labute approximate surface area is 182 Å². The van der Waals surface area contributed by atoms with Crippen molar-refractivity contribution in [3.05, 3.63) is 11.9 Å². The van der Waals surface area contributed by atoms with Crippen molar-refractivity contribution in [2.75, 3.05) is 19.8 Å². The van der Waals surface area contributed by atoms with E-state index < -0.39 is 23.6 Å². The summed E-state index contributed by atoms with van der Waals surface area (Å²) in [6.45, 7) is 7.56. The predicted molar refractivity (Wildman–Crippen MR) is 111 cm³/mol. The first-order valence-corrected chi connectivity index (χ1v) is 11.5. The number of likely N-dealkylation sites (tertiary alicyclic amines) is 1. The van der Waals surface area contributed by atoms with E-state index in [0.29, 0.717) is 24.4 Å². The zero-order valence-electron chi connectivity index (χ0n) is 18.5. The van der Waals surface area contributed by atoms with Crippen molar-refractivity contribution in [1.82, 2.24) is 25.2 Å². The van der Waals surface area contributed by atoms with Crippen molar-refractivity contribution in [1.29, 1.82) is 0 Å². The number of carbonyl (C=O) groups is 2. The number of β-amino-alcohol motifs (C(OH)–C–C–N with tert-alkyl or cyclic N) is 1. The largest absolute Gasteiger partial charge is 0.391 e. The molecule has 0 aromatic carbocycles. The van der Waals surface area contributed by atoms with Crippen LogP contribution in [-0.4, -0.2) is 74.8 Å². The summed E-state index contributed by atoms with van der Waals surface area (Å²) in [6.07, 6.45) is 4.62. The minimum atomic E-state index is -0.706. The summed E-state index contributed by atoms with van der Waals surface area (Å²) in [6, 6.07) is -1.13. The van der Waals surface area contributed by atoms with E-state index in [1.807, 2.05) is 27.0 Å². The molecule has 2 N–H and O–H groups in total. The molecule has 3 unspecified atom stereocenters. The van der Waals surface area contributed by atoms with Gasteiger partial charge in [-0.25, -0.2) is 4.68 Å². The first kappa shape index (κ1) is 20.9. The van der Waals surface area contributed by atoms with Crippen molar-refractivity contribution in [2.45, 2.75) is 76.6 Å². The fourth-order valence-corrected chi connectivity index (χ4v) is 5.31. The smallest absolute Gasteiger partial charge is 0.248 e. The molecule has 31 heavy (non-hydrogen) atoms. The van der Waals surface area contributed by atoms with Gasteiger partial charge in [0, 0.05) is 43.6 Å². The van der Waals surface area contributed by atoms with Crippen LogP contribution in [0.5, 0.6) is 0 Å². The number of aliphatic hydroxyl groups excluding tert-OH is 1. The Kier molecular flexibility index (Phi) is 5.08. The lowest BCUT2D eigenvalue weighted by molar-refractivity contribution is -0.144. The Bertz CT molecular complexity index is 848. The number of hydrogen-bond acceptors (Lipinski definition) is 6. The van der Waals surface area contributed by atoms with Crippen LogP contribution in [0.1, 0.15) is 64.1 Å². The third-order valence-electron chi connectivity index (χ3n) is 7.25. The van der Waals surface area contributed by atoms with E-state index >= 15 is 0 Å². The molecule has 4 fully saturated rings. The SMILES string of the molecule is CC(C)(C)[C@@H](C(=O)N1C[C@H](O)C[C@H]1C(=O)NC1C2CCOCC21)n1cc(C2CC2)nn1. The number of fused-ring (bicyclic) bond motifs is 1. The molecule has 170 valence electrons. The quantitative estimate of drug-likeness (QED) is 0.716. The maximum Gasteiger partial charge on any atom is 0.248 e. The Hall–Kier alpha value is -2.00. The van der Waals surface area contributed by atoms with Crippen molar-refractivity contribution in [2.24, 2.45) is 17.3 Å². The molecule has 6 atom stereocenters. The van der Waals surface area contributed by atoms with Gasteiger partial charge in [-0.1, -0.05) is 26.0 Å². The number of hydrogen-bond donors (Lipinski definition) is 2. The van der Waals surface area contributed by atoms with Gasteiger partial charge < -0.3 is 20.1 Å². The van der Waals surface area contributed by atoms with E-state index in [2.05, 4.69) is 15.6 Å². The van der Waals surface area contributed by atoms with Gasteiger partial charge in [-0.15, -0.1) is 5.10 Å². The van der Waals surface area contributed by atoms with Crippen LogP contribution in [-0.2, 0) is 14.3 Å². The lowest BCUT2D eigenvalue weighted by atomic mass is 9.85. The number of aliphatic hydroxyl groups is 1. The second-order valence-electron chi connectivity index (χ2n) is 10.8. The standard InChI is InChI=1S/C22H33N5O4/c1-22(2,3)19(27-10-16(24-25-27)12-4-5-12)21(30)26-9-13(28)8-17(26)20(29)23-18-14-6-7-31-11-15(14)18/h10,12-15,17-19,28H,4-9,11H2,1-3H3,(H,23,29)/t13-,14?,15?,17+,18?,19-/m1/s1. The average Bonchev–Trinajstić information content (AvgIpc) is 3.58. The van der Waals surface area contributed by atoms with E-state index in [9.17, 15) is 14.7 Å². The van der Waals surface area contributed by atoms with Crippen LogP contribution >= 0.6 is 0 Å². The van der Waals surface area contributed by atoms with Crippen molar-refractivity contribution in [3.63, 3.8) is 0 Å². The normalized spacial score (nSPS) is 33.7. The highest BCUT2D eigenvalue weighted by atomic mass is 16.5. The zero-order chi connectivity index (χ0) is 21.9. The molecule has 0 bridgehead atoms. The second kappa shape index (κ2) is 7.55. The van der Waals surface area contributed by atoms with E-state index in [1.165, 1.54) is 0 Å². The molecule has 2 aliphatic heterocycles. The summed E-state index contributed by atoms with van der Waals surface area (Å²) in [4.78, 5) is 28.4. The molecule has 2 aliphatic carbocycles. The first-order chi connectivity index (χ1) is 14.7. The fourth-order valence-electron chi connectivity index (χ4n) is 5.31. The van der Waals surface area contributed by atoms with Crippen LogP contribution in [0.2, 0.25) is 0 Å². The lowest BCUT2D eigenvalue weighted by Crippen LogP contribution is -2.51. The van der Waals surface area contributed by atoms with Gasteiger partial charge in [0.2, 0.25) is 11.8 Å². The summed E-state index contributed by atoms with van der Waals surface area (Å²) in [7, 11) is 0. The first-order valence-electron chi connectivity index (χ1n) is 11.5. The minimum absolute atomic E-state index is 0.125. The third-order valence-corrected chi connectivity index (χ3v) is 7.25. The molecule has 2 amide bonds. The predicted octanol–water partition coefficient (Wildman–Crippen LogP) is 0.856. The number of nitrogens with zero attached hydrogens (tertiary/aromatic N) is 4. The Morgan fingerprint density at radius 3 is 2.68 bits per heavy atom. The summed E-state index contributed by atoms with van der Waals surface area (Å²) in [5.41, 5.74) is 0.500. The molecule has 1 aromatic heterocycles. The number of rotatable bonds is 5. The highest BCUT2D eigenvalue weighted by Crippen LogP contribution is 2.45. The maximum absolute atomic E-state index is 13.7. The van der Waals surface area contributed by atoms with Crippen LogP contribution < -0.4 is 5.32 Å². The number of aromatic nitrogens is 3. The van der Waals surface area contributed by atoms with Crippen LogP contribution in [0.3, 0.4) is 0 Å². The Balaban J connectivity index is 1.33. The van der Waals surface area contributed by atoms with Gasteiger partial charge in [0.25, 0.3) is 0 Å². The zero-order valence-corrected chi connectivity index (χ0v) is 18.5. The van der Waals surface area contributed by atoms with Gasteiger partial charge in [0.1, 0.15) is 12.1 Å². The van der Waals surface area contributed by atoms with Crippen LogP contribution in [0.4, 0.5) is 0 Å². The molecule has 0 radical (unpaired) electrons. The highest BCUT2D eigenvalue weighted by molar-refractivity contribution is 5.90. The van der Waals surface area contributed by atoms with Gasteiger partial charge >= 0.3 is 0 Å². The highest BCUT2D eigenvalue weighted by Gasteiger charge is 2.54. The minimum Gasteiger partial charge on any atom is -0.391 e. The van der Waals surface area contributed by atoms with Gasteiger partial charge in [0.05, 0.1) is 18.4 Å². The van der Waals surface area contributed by atoms with Crippen LogP contribution in [0, 0.1) is 17.3 Å². The van der Waals surface area contributed by atoms with Gasteiger partial charge in [-0.3, -0.25) is 9.59 Å². The summed E-state index contributed by atoms with van der Waals surface area (Å²) < 4.78 is 7.16. The summed E-state index contributed by atoms with van der Waals surface area (Å²) >= 11 is 0. The van der Waals surface area contributed by atoms with Gasteiger partial charge in [0.15, 0.2) is 0 Å². The average molecular weight is 432 g/mol. The van der Waals surface area contributed by atoms with Gasteiger partial charge in [-0.2, -0.15) is 0 Å². The number of ether oxygens (including phenoxy) is 1.